The molecule has 0 saturated carbocycles. The minimum absolute atomic E-state index is 0.139. The zero-order valence-electron chi connectivity index (χ0n) is 5.68. The smallest absolute Gasteiger partial charge is 0.0971 e. The molecule has 1 fully saturated rings. The maximum absolute atomic E-state index is 8.87. The molecule has 0 radical (unpaired) electrons. The Hall–Kier alpha value is -0.120. The molecule has 1 unspecified atom stereocenters. The lowest BCUT2D eigenvalue weighted by atomic mass is 10.0. The SMILES string of the molecule is CCC1(CO)COCN1. The summed E-state index contributed by atoms with van der Waals surface area (Å²) in [5.41, 5.74) is -0.139. The van der Waals surface area contributed by atoms with Gasteiger partial charge in [0.15, 0.2) is 0 Å². The molecule has 0 aromatic heterocycles. The first-order valence-corrected chi connectivity index (χ1v) is 3.26. The lowest BCUT2D eigenvalue weighted by Crippen LogP contribution is -2.45. The van der Waals surface area contributed by atoms with E-state index in [1.54, 1.807) is 0 Å². The van der Waals surface area contributed by atoms with Crippen LogP contribution in [0.2, 0.25) is 0 Å². The minimum Gasteiger partial charge on any atom is -0.394 e. The summed E-state index contributed by atoms with van der Waals surface area (Å²) in [6, 6.07) is 0. The standard InChI is InChI=1S/C6H13NO2/c1-2-6(3-8)4-9-5-7-6/h7-8H,2-5H2,1H3. The Morgan fingerprint density at radius 2 is 2.56 bits per heavy atom. The summed E-state index contributed by atoms with van der Waals surface area (Å²) in [7, 11) is 0. The summed E-state index contributed by atoms with van der Waals surface area (Å²) in [5.74, 6) is 0. The molecule has 1 heterocycles. The molecule has 0 amide bonds. The van der Waals surface area contributed by atoms with Crippen LogP contribution in [0.15, 0.2) is 0 Å². The Morgan fingerprint density at radius 1 is 1.78 bits per heavy atom. The van der Waals surface area contributed by atoms with Crippen LogP contribution in [0.1, 0.15) is 13.3 Å². The molecule has 9 heavy (non-hydrogen) atoms. The molecule has 3 heteroatoms. The lowest BCUT2D eigenvalue weighted by Gasteiger charge is -2.22. The second-order valence-corrected chi connectivity index (χ2v) is 2.46. The molecule has 1 aliphatic heterocycles. The number of nitrogens with one attached hydrogen (secondary N) is 1. The molecule has 1 rings (SSSR count). The third kappa shape index (κ3) is 1.23. The highest BCUT2D eigenvalue weighted by Crippen LogP contribution is 2.13. The van der Waals surface area contributed by atoms with E-state index >= 15 is 0 Å². The molecule has 3 nitrogen and oxygen atoms in total. The van der Waals surface area contributed by atoms with E-state index in [1.165, 1.54) is 0 Å². The van der Waals surface area contributed by atoms with E-state index in [4.69, 9.17) is 9.84 Å². The minimum atomic E-state index is -0.139. The first kappa shape index (κ1) is 6.99. The van der Waals surface area contributed by atoms with Gasteiger partial charge in [0, 0.05) is 0 Å². The number of ether oxygens (including phenoxy) is 1. The Balaban J connectivity index is 2.45. The van der Waals surface area contributed by atoms with Crippen LogP contribution in [-0.2, 0) is 4.74 Å². The highest BCUT2D eigenvalue weighted by atomic mass is 16.5. The topological polar surface area (TPSA) is 41.5 Å². The summed E-state index contributed by atoms with van der Waals surface area (Å²) in [5, 5.41) is 12.0. The monoisotopic (exact) mass is 131 g/mol. The van der Waals surface area contributed by atoms with Crippen molar-refractivity contribution in [2.75, 3.05) is 19.9 Å². The molecule has 2 N–H and O–H groups in total. The second-order valence-electron chi connectivity index (χ2n) is 2.46. The number of hydrogen-bond donors (Lipinski definition) is 2. The van der Waals surface area contributed by atoms with Gasteiger partial charge in [-0.1, -0.05) is 6.92 Å². The van der Waals surface area contributed by atoms with Gasteiger partial charge in [0.25, 0.3) is 0 Å². The predicted octanol–water partition coefficient (Wildman–Crippen LogP) is -0.295. The van der Waals surface area contributed by atoms with Crippen molar-refractivity contribution in [1.82, 2.24) is 5.32 Å². The van der Waals surface area contributed by atoms with Crippen LogP contribution in [0.4, 0.5) is 0 Å². The van der Waals surface area contributed by atoms with Crippen molar-refractivity contribution in [3.63, 3.8) is 0 Å². The van der Waals surface area contributed by atoms with E-state index in [2.05, 4.69) is 5.32 Å². The molecule has 1 aliphatic rings. The number of aliphatic hydroxyl groups is 1. The lowest BCUT2D eigenvalue weighted by molar-refractivity contribution is 0.136. The quantitative estimate of drug-likeness (QED) is 0.541. The molecular weight excluding hydrogens is 118 g/mol. The van der Waals surface area contributed by atoms with Gasteiger partial charge in [-0.3, -0.25) is 5.32 Å². The van der Waals surface area contributed by atoms with E-state index in [0.29, 0.717) is 13.3 Å². The third-order valence-corrected chi connectivity index (χ3v) is 1.91. The van der Waals surface area contributed by atoms with Gasteiger partial charge < -0.3 is 9.84 Å². The molecule has 0 aromatic carbocycles. The second kappa shape index (κ2) is 2.64. The van der Waals surface area contributed by atoms with E-state index in [-0.39, 0.29) is 12.1 Å². The summed E-state index contributed by atoms with van der Waals surface area (Å²) in [6.45, 7) is 3.43. The van der Waals surface area contributed by atoms with Gasteiger partial charge in [0.2, 0.25) is 0 Å². The molecule has 1 atom stereocenters. The Morgan fingerprint density at radius 3 is 2.78 bits per heavy atom. The van der Waals surface area contributed by atoms with Crippen molar-refractivity contribution in [1.29, 1.82) is 0 Å². The van der Waals surface area contributed by atoms with Crippen molar-refractivity contribution in [3.8, 4) is 0 Å². The van der Waals surface area contributed by atoms with Crippen LogP contribution in [0.25, 0.3) is 0 Å². The van der Waals surface area contributed by atoms with Crippen molar-refractivity contribution < 1.29 is 9.84 Å². The van der Waals surface area contributed by atoms with Crippen LogP contribution in [-0.4, -0.2) is 30.6 Å². The molecule has 0 aliphatic carbocycles. The van der Waals surface area contributed by atoms with Crippen molar-refractivity contribution in [2.45, 2.75) is 18.9 Å². The largest absolute Gasteiger partial charge is 0.394 e. The molecule has 0 spiro atoms. The zero-order valence-corrected chi connectivity index (χ0v) is 5.68. The van der Waals surface area contributed by atoms with Gasteiger partial charge in [0.05, 0.1) is 25.5 Å². The summed E-state index contributed by atoms with van der Waals surface area (Å²) in [4.78, 5) is 0. The average Bonchev–Trinajstić information content (AvgIpc) is 2.36. The van der Waals surface area contributed by atoms with Crippen LogP contribution in [0.5, 0.6) is 0 Å². The van der Waals surface area contributed by atoms with E-state index in [0.717, 1.165) is 6.42 Å². The predicted molar refractivity (Wildman–Crippen MR) is 34.1 cm³/mol. The van der Waals surface area contributed by atoms with Gasteiger partial charge in [-0.25, -0.2) is 0 Å². The molecule has 0 bridgehead atoms. The maximum Gasteiger partial charge on any atom is 0.0971 e. The van der Waals surface area contributed by atoms with E-state index in [9.17, 15) is 0 Å². The van der Waals surface area contributed by atoms with Crippen LogP contribution >= 0.6 is 0 Å². The van der Waals surface area contributed by atoms with E-state index in [1.807, 2.05) is 6.92 Å². The van der Waals surface area contributed by atoms with Crippen LogP contribution in [0.3, 0.4) is 0 Å². The first-order chi connectivity index (χ1) is 4.33. The third-order valence-electron chi connectivity index (χ3n) is 1.91. The number of aliphatic hydroxyl groups excluding tert-OH is 1. The highest BCUT2D eigenvalue weighted by Gasteiger charge is 2.31. The molecule has 1 saturated heterocycles. The number of rotatable bonds is 2. The summed E-state index contributed by atoms with van der Waals surface area (Å²) < 4.78 is 5.07. The Bertz CT molecular complexity index is 83.1. The van der Waals surface area contributed by atoms with Gasteiger partial charge in [0.1, 0.15) is 0 Å². The van der Waals surface area contributed by atoms with Gasteiger partial charge >= 0.3 is 0 Å². The van der Waals surface area contributed by atoms with Crippen molar-refractivity contribution in [3.05, 3.63) is 0 Å². The van der Waals surface area contributed by atoms with Gasteiger partial charge in [-0.2, -0.15) is 0 Å². The first-order valence-electron chi connectivity index (χ1n) is 3.26. The van der Waals surface area contributed by atoms with Gasteiger partial charge in [-0.05, 0) is 6.42 Å². The highest BCUT2D eigenvalue weighted by molar-refractivity contribution is 4.87. The van der Waals surface area contributed by atoms with E-state index < -0.39 is 0 Å². The average molecular weight is 131 g/mol. The van der Waals surface area contributed by atoms with Gasteiger partial charge in [-0.15, -0.1) is 0 Å². The summed E-state index contributed by atoms with van der Waals surface area (Å²) >= 11 is 0. The van der Waals surface area contributed by atoms with Crippen molar-refractivity contribution >= 4 is 0 Å². The Labute approximate surface area is 55.0 Å². The Kier molecular flexibility index (Phi) is 2.05. The summed E-state index contributed by atoms with van der Waals surface area (Å²) in [6.07, 6.45) is 0.920. The van der Waals surface area contributed by atoms with Crippen LogP contribution < -0.4 is 5.32 Å². The molecule has 54 valence electrons. The fourth-order valence-electron chi connectivity index (χ4n) is 0.942. The van der Waals surface area contributed by atoms with Crippen LogP contribution in [0, 0.1) is 0 Å². The number of hydrogen-bond acceptors (Lipinski definition) is 3. The zero-order chi connectivity index (χ0) is 6.74. The fourth-order valence-corrected chi connectivity index (χ4v) is 0.942. The molecular formula is C6H13NO2. The molecule has 0 aromatic rings. The normalized spacial score (nSPS) is 35.3. The fraction of sp³-hybridized carbons (Fsp3) is 1.00. The maximum atomic E-state index is 8.87. The van der Waals surface area contributed by atoms with Crippen molar-refractivity contribution in [2.24, 2.45) is 0 Å².